The molecule has 1 saturated carbocycles. The van der Waals surface area contributed by atoms with Crippen molar-refractivity contribution in [2.24, 2.45) is 28.6 Å². The molecule has 0 aliphatic heterocycles. The Morgan fingerprint density at radius 2 is 1.65 bits per heavy atom. The molecule has 34 heavy (non-hydrogen) atoms. The van der Waals surface area contributed by atoms with E-state index in [-0.39, 0.29) is 61.9 Å². The number of halogens is 1. The highest BCUT2D eigenvalue weighted by Gasteiger charge is 2.48. The molecule has 3 N–H and O–H groups in total. The number of anilines is 1. The van der Waals surface area contributed by atoms with Crippen molar-refractivity contribution in [3.05, 3.63) is 31.9 Å². The first-order valence-corrected chi connectivity index (χ1v) is 12.2. The number of hydrogen-bond donors (Lipinski definition) is 2. The van der Waals surface area contributed by atoms with E-state index in [1.165, 1.54) is 6.92 Å². The van der Waals surface area contributed by atoms with Crippen molar-refractivity contribution >= 4 is 34.8 Å². The van der Waals surface area contributed by atoms with Crippen LogP contribution in [0.4, 0.5) is 5.82 Å². The normalized spacial score (nSPS) is 24.9. The first-order chi connectivity index (χ1) is 15.5. The summed E-state index contributed by atoms with van der Waals surface area (Å²) < 4.78 is 7.43. The molecule has 2 aromatic heterocycles. The van der Waals surface area contributed by atoms with Gasteiger partial charge in [0.15, 0.2) is 5.65 Å². The number of esters is 1. The van der Waals surface area contributed by atoms with Gasteiger partial charge >= 0.3 is 5.97 Å². The maximum Gasteiger partial charge on any atom is 0.342 e. The zero-order chi connectivity index (χ0) is 25.9. The molecule has 1 aliphatic rings. The predicted molar refractivity (Wildman–Crippen MR) is 136 cm³/mol. The van der Waals surface area contributed by atoms with E-state index in [9.17, 15) is 14.7 Å². The van der Waals surface area contributed by atoms with Crippen molar-refractivity contribution in [3.8, 4) is 0 Å². The number of fused-ring (bicyclic) bond motifs is 1. The number of aliphatic hydroxyl groups is 1. The van der Waals surface area contributed by atoms with Crippen LogP contribution in [0.3, 0.4) is 0 Å². The summed E-state index contributed by atoms with van der Waals surface area (Å²) in [6.45, 7) is 18.4. The zero-order valence-corrected chi connectivity index (χ0v) is 22.5. The second-order valence-electron chi connectivity index (χ2n) is 12.1. The molecule has 0 spiro atoms. The number of hydrogen-bond acceptors (Lipinski definition) is 6. The third-order valence-electron chi connectivity index (χ3n) is 7.36. The average Bonchev–Trinajstić information content (AvgIpc) is 2.91. The summed E-state index contributed by atoms with van der Waals surface area (Å²) in [7, 11) is 0. The van der Waals surface area contributed by atoms with Crippen LogP contribution in [0.15, 0.2) is 4.79 Å². The molecule has 0 bridgehead atoms. The molecule has 3 rings (SSSR count). The van der Waals surface area contributed by atoms with Crippen LogP contribution in [0.25, 0.3) is 11.4 Å². The van der Waals surface area contributed by atoms with Crippen molar-refractivity contribution in [1.82, 2.24) is 9.38 Å². The van der Waals surface area contributed by atoms with Crippen LogP contribution >= 0.6 is 11.6 Å². The predicted octanol–water partition coefficient (Wildman–Crippen LogP) is 4.92. The molecule has 0 saturated heterocycles. The lowest BCUT2D eigenvalue weighted by Gasteiger charge is -2.50. The van der Waals surface area contributed by atoms with E-state index in [0.717, 1.165) is 17.2 Å². The van der Waals surface area contributed by atoms with Crippen LogP contribution in [0.1, 0.15) is 84.2 Å². The summed E-state index contributed by atoms with van der Waals surface area (Å²) in [6, 6.07) is 0. The fourth-order valence-corrected chi connectivity index (χ4v) is 5.71. The molecule has 2 atom stereocenters. The average molecular weight is 492 g/mol. The third kappa shape index (κ3) is 4.51. The Bertz CT molecular complexity index is 1210. The molecule has 2 unspecified atom stereocenters. The zero-order valence-electron chi connectivity index (χ0n) is 21.7. The summed E-state index contributed by atoms with van der Waals surface area (Å²) in [5.74, 6) is -0.126. The SMILES string of the molecule is C/C(O)=c1\c(N)nc2c(C(=O)OC3C(C(C)(C)C)CC(C)CC3C(C)(C)C)c(C)c(Cl)n2c1=O. The van der Waals surface area contributed by atoms with Crippen LogP contribution in [0.2, 0.25) is 5.15 Å². The van der Waals surface area contributed by atoms with Crippen LogP contribution in [0, 0.1) is 35.5 Å². The quantitative estimate of drug-likeness (QED) is 0.577. The van der Waals surface area contributed by atoms with Gasteiger partial charge in [-0.1, -0.05) is 60.1 Å². The monoisotopic (exact) mass is 491 g/mol. The Balaban J connectivity index is 2.17. The van der Waals surface area contributed by atoms with Crippen molar-refractivity contribution in [2.45, 2.75) is 81.3 Å². The first kappa shape index (κ1) is 26.3. The van der Waals surface area contributed by atoms with Gasteiger partial charge in [-0.25, -0.2) is 14.2 Å². The Hall–Kier alpha value is -2.28. The number of aromatic nitrogens is 2. The standard InChI is InChI=1S/C26H38ClN3O4/c1-12-10-15(25(4,5)6)19(16(11-12)26(7,8)9)34-24(33)17-13(2)20(27)30-22(17)29-21(28)18(14(3)31)23(30)32/h12,15-16,19,31H,10-11H2,1-9H3,(H2,28,29)/b18-14-. The molecule has 8 heteroatoms. The number of rotatable bonds is 2. The summed E-state index contributed by atoms with van der Waals surface area (Å²) in [5, 5.41) is 9.84. The highest BCUT2D eigenvalue weighted by atomic mass is 35.5. The minimum Gasteiger partial charge on any atom is -0.512 e. The molecular weight excluding hydrogens is 454 g/mol. The van der Waals surface area contributed by atoms with Crippen LogP contribution in [0.5, 0.6) is 0 Å². The molecule has 1 fully saturated rings. The molecular formula is C26H38ClN3O4. The van der Waals surface area contributed by atoms with E-state index in [1.807, 2.05) is 0 Å². The van der Waals surface area contributed by atoms with Crippen molar-refractivity contribution in [2.75, 3.05) is 5.73 Å². The van der Waals surface area contributed by atoms with Gasteiger partial charge < -0.3 is 15.6 Å². The maximum atomic E-state index is 13.7. The number of ether oxygens (including phenoxy) is 1. The highest BCUT2D eigenvalue weighted by Crippen LogP contribution is 2.50. The van der Waals surface area contributed by atoms with Gasteiger partial charge in [0.05, 0.1) is 0 Å². The number of carbonyl (C=O) groups is 1. The summed E-state index contributed by atoms with van der Waals surface area (Å²) >= 11 is 6.47. The van der Waals surface area contributed by atoms with E-state index in [1.54, 1.807) is 6.92 Å². The lowest BCUT2D eigenvalue weighted by atomic mass is 9.59. The van der Waals surface area contributed by atoms with Crippen molar-refractivity contribution < 1.29 is 14.6 Å². The number of nitrogens with zero attached hydrogens (tertiary/aromatic N) is 2. The minimum absolute atomic E-state index is 0.0452. The third-order valence-corrected chi connectivity index (χ3v) is 7.81. The maximum absolute atomic E-state index is 13.7. The van der Waals surface area contributed by atoms with Gasteiger partial charge in [-0.05, 0) is 43.4 Å². The first-order valence-electron chi connectivity index (χ1n) is 11.9. The van der Waals surface area contributed by atoms with Crippen LogP contribution in [-0.2, 0) is 4.74 Å². The number of nitrogen functional groups attached to an aromatic ring is 1. The fourth-order valence-electron chi connectivity index (χ4n) is 5.46. The van der Waals surface area contributed by atoms with E-state index in [2.05, 4.69) is 53.5 Å². The topological polar surface area (TPSA) is 107 Å². The summed E-state index contributed by atoms with van der Waals surface area (Å²) in [4.78, 5) is 31.0. The Labute approximate surface area is 206 Å². The fraction of sp³-hybridized carbons (Fsp3) is 0.654. The minimum atomic E-state index is -0.624. The van der Waals surface area contributed by atoms with Gasteiger partial charge in [-0.3, -0.25) is 4.79 Å². The van der Waals surface area contributed by atoms with Crippen LogP contribution < -0.4 is 16.5 Å². The molecule has 7 nitrogen and oxygen atoms in total. The highest BCUT2D eigenvalue weighted by molar-refractivity contribution is 6.31. The van der Waals surface area contributed by atoms with E-state index < -0.39 is 11.5 Å². The van der Waals surface area contributed by atoms with E-state index in [4.69, 9.17) is 22.1 Å². The molecule has 0 radical (unpaired) electrons. The van der Waals surface area contributed by atoms with Gasteiger partial charge in [-0.15, -0.1) is 0 Å². The number of carbonyl (C=O) groups excluding carboxylic acids is 1. The molecule has 2 aromatic rings. The Kier molecular flexibility index (Phi) is 6.77. The van der Waals surface area contributed by atoms with E-state index >= 15 is 0 Å². The second kappa shape index (κ2) is 8.74. The van der Waals surface area contributed by atoms with Gasteiger partial charge in [-0.2, -0.15) is 0 Å². The molecule has 0 amide bonds. The van der Waals surface area contributed by atoms with Gasteiger partial charge in [0, 0.05) is 17.4 Å². The van der Waals surface area contributed by atoms with Gasteiger partial charge in [0.25, 0.3) is 5.56 Å². The largest absolute Gasteiger partial charge is 0.512 e. The molecule has 0 aromatic carbocycles. The summed E-state index contributed by atoms with van der Waals surface area (Å²) in [6.07, 6.45) is 1.64. The Morgan fingerprint density at radius 3 is 2.09 bits per heavy atom. The Morgan fingerprint density at radius 1 is 1.15 bits per heavy atom. The van der Waals surface area contributed by atoms with E-state index in [0.29, 0.717) is 11.5 Å². The van der Waals surface area contributed by atoms with Gasteiger partial charge in [0.1, 0.15) is 33.6 Å². The van der Waals surface area contributed by atoms with Crippen molar-refractivity contribution in [3.63, 3.8) is 0 Å². The molecule has 188 valence electrons. The second-order valence-corrected chi connectivity index (χ2v) is 12.5. The van der Waals surface area contributed by atoms with Crippen molar-refractivity contribution in [1.29, 1.82) is 0 Å². The lowest BCUT2D eigenvalue weighted by Crippen LogP contribution is -2.49. The summed E-state index contributed by atoms with van der Waals surface area (Å²) in [5.41, 5.74) is 5.80. The number of aliphatic hydroxyl groups excluding tert-OH is 1. The molecule has 2 heterocycles. The smallest absolute Gasteiger partial charge is 0.342 e. The molecule has 1 aliphatic carbocycles. The lowest BCUT2D eigenvalue weighted by molar-refractivity contribution is -0.0922. The van der Waals surface area contributed by atoms with Crippen LogP contribution in [-0.4, -0.2) is 26.6 Å². The van der Waals surface area contributed by atoms with Gasteiger partial charge in [0.2, 0.25) is 0 Å². The number of nitrogens with two attached hydrogens (primary N) is 1.